The molecule has 1 saturated heterocycles. The normalized spacial score (nSPS) is 18.1. The molecule has 1 atom stereocenters. The van der Waals surface area contributed by atoms with Crippen molar-refractivity contribution < 1.29 is 14.5 Å². The van der Waals surface area contributed by atoms with E-state index in [0.29, 0.717) is 12.2 Å². The first-order chi connectivity index (χ1) is 10.6. The molecule has 1 aromatic carbocycles. The van der Waals surface area contributed by atoms with Gasteiger partial charge in [0.05, 0.1) is 11.5 Å². The van der Waals surface area contributed by atoms with Crippen LogP contribution in [-0.2, 0) is 0 Å². The zero-order chi connectivity index (χ0) is 16.1. The molecule has 1 aliphatic rings. The van der Waals surface area contributed by atoms with E-state index in [-0.39, 0.29) is 23.4 Å². The SMILES string of the molecule is CCOc1ccc(C(=O)N2CCCCC2CC)cc1[N+](=O)[O-]. The Labute approximate surface area is 130 Å². The number of piperidine rings is 1. The maximum atomic E-state index is 12.7. The molecule has 0 aromatic heterocycles. The standard InChI is InChI=1S/C16H22N2O4/c1-3-13-7-5-6-10-17(13)16(19)12-8-9-15(22-4-2)14(11-12)18(20)21/h8-9,11,13H,3-7,10H2,1-2H3. The van der Waals surface area contributed by atoms with E-state index in [2.05, 4.69) is 6.92 Å². The predicted molar refractivity (Wildman–Crippen MR) is 83.2 cm³/mol. The van der Waals surface area contributed by atoms with Crippen LogP contribution in [-0.4, -0.2) is 34.9 Å². The van der Waals surface area contributed by atoms with Crippen molar-refractivity contribution in [3.8, 4) is 5.75 Å². The summed E-state index contributed by atoms with van der Waals surface area (Å²) in [5.74, 6) is 0.0763. The fourth-order valence-corrected chi connectivity index (χ4v) is 2.93. The lowest BCUT2D eigenvalue weighted by Gasteiger charge is -2.35. The van der Waals surface area contributed by atoms with Crippen LogP contribution in [0.25, 0.3) is 0 Å². The Morgan fingerprint density at radius 2 is 2.18 bits per heavy atom. The minimum atomic E-state index is -0.505. The van der Waals surface area contributed by atoms with Gasteiger partial charge in [0.2, 0.25) is 0 Å². The number of likely N-dealkylation sites (tertiary alicyclic amines) is 1. The molecular weight excluding hydrogens is 284 g/mol. The largest absolute Gasteiger partial charge is 0.487 e. The molecule has 0 aliphatic carbocycles. The van der Waals surface area contributed by atoms with E-state index in [1.807, 2.05) is 4.90 Å². The molecule has 1 unspecified atom stereocenters. The molecule has 120 valence electrons. The summed E-state index contributed by atoms with van der Waals surface area (Å²) in [6.45, 7) is 4.90. The fourth-order valence-electron chi connectivity index (χ4n) is 2.93. The number of ether oxygens (including phenoxy) is 1. The van der Waals surface area contributed by atoms with Gasteiger partial charge in [-0.15, -0.1) is 0 Å². The number of rotatable bonds is 5. The van der Waals surface area contributed by atoms with Gasteiger partial charge in [-0.3, -0.25) is 14.9 Å². The number of carbonyl (C=O) groups excluding carboxylic acids is 1. The third-order valence-corrected chi connectivity index (χ3v) is 4.06. The van der Waals surface area contributed by atoms with Gasteiger partial charge in [-0.1, -0.05) is 6.92 Å². The highest BCUT2D eigenvalue weighted by Gasteiger charge is 2.28. The van der Waals surface area contributed by atoms with Crippen LogP contribution >= 0.6 is 0 Å². The Morgan fingerprint density at radius 3 is 2.82 bits per heavy atom. The number of nitrogens with zero attached hydrogens (tertiary/aromatic N) is 2. The van der Waals surface area contributed by atoms with Crippen molar-refractivity contribution in [2.24, 2.45) is 0 Å². The quantitative estimate of drug-likeness (QED) is 0.617. The number of nitro groups is 1. The van der Waals surface area contributed by atoms with Crippen molar-refractivity contribution >= 4 is 11.6 Å². The van der Waals surface area contributed by atoms with E-state index in [4.69, 9.17) is 4.74 Å². The maximum Gasteiger partial charge on any atom is 0.311 e. The third-order valence-electron chi connectivity index (χ3n) is 4.06. The van der Waals surface area contributed by atoms with E-state index in [0.717, 1.165) is 32.2 Å². The number of hydrogen-bond acceptors (Lipinski definition) is 4. The first-order valence-electron chi connectivity index (χ1n) is 7.80. The monoisotopic (exact) mass is 306 g/mol. The molecule has 6 nitrogen and oxygen atoms in total. The van der Waals surface area contributed by atoms with Crippen molar-refractivity contribution in [2.75, 3.05) is 13.2 Å². The molecule has 1 fully saturated rings. The summed E-state index contributed by atoms with van der Waals surface area (Å²) in [6.07, 6.45) is 4.03. The Bertz CT molecular complexity index is 559. The third kappa shape index (κ3) is 3.37. The topological polar surface area (TPSA) is 72.7 Å². The molecule has 0 radical (unpaired) electrons. The maximum absolute atomic E-state index is 12.7. The first-order valence-corrected chi connectivity index (χ1v) is 7.80. The molecule has 0 bridgehead atoms. The highest BCUT2D eigenvalue weighted by atomic mass is 16.6. The molecule has 0 saturated carbocycles. The Balaban J connectivity index is 2.29. The number of hydrogen-bond donors (Lipinski definition) is 0. The van der Waals surface area contributed by atoms with Gasteiger partial charge in [-0.2, -0.15) is 0 Å². The number of benzene rings is 1. The molecule has 22 heavy (non-hydrogen) atoms. The summed E-state index contributed by atoms with van der Waals surface area (Å²) < 4.78 is 5.25. The minimum absolute atomic E-state index is 0.127. The fraction of sp³-hybridized carbons (Fsp3) is 0.562. The minimum Gasteiger partial charge on any atom is -0.487 e. The van der Waals surface area contributed by atoms with Crippen LogP contribution in [0.4, 0.5) is 5.69 Å². The second-order valence-corrected chi connectivity index (χ2v) is 5.43. The zero-order valence-electron chi connectivity index (χ0n) is 13.1. The molecule has 1 aliphatic heterocycles. The number of carbonyl (C=O) groups is 1. The lowest BCUT2D eigenvalue weighted by Crippen LogP contribution is -2.43. The highest BCUT2D eigenvalue weighted by Crippen LogP contribution is 2.29. The van der Waals surface area contributed by atoms with Crippen LogP contribution in [0.3, 0.4) is 0 Å². The van der Waals surface area contributed by atoms with Crippen molar-refractivity contribution in [1.82, 2.24) is 4.90 Å². The van der Waals surface area contributed by atoms with Crippen molar-refractivity contribution in [3.05, 3.63) is 33.9 Å². The number of nitro benzene ring substituents is 1. The van der Waals surface area contributed by atoms with Gasteiger partial charge in [0.25, 0.3) is 5.91 Å². The summed E-state index contributed by atoms with van der Waals surface area (Å²) >= 11 is 0. The second-order valence-electron chi connectivity index (χ2n) is 5.43. The van der Waals surface area contributed by atoms with Gasteiger partial charge in [0.1, 0.15) is 0 Å². The molecule has 0 spiro atoms. The Morgan fingerprint density at radius 1 is 1.41 bits per heavy atom. The number of amides is 1. The van der Waals surface area contributed by atoms with Crippen molar-refractivity contribution in [3.63, 3.8) is 0 Å². The van der Waals surface area contributed by atoms with Crippen molar-refractivity contribution in [2.45, 2.75) is 45.6 Å². The van der Waals surface area contributed by atoms with Gasteiger partial charge in [-0.05, 0) is 44.7 Å². The summed E-state index contributed by atoms with van der Waals surface area (Å²) in [7, 11) is 0. The molecule has 0 N–H and O–H groups in total. The van der Waals surface area contributed by atoms with E-state index >= 15 is 0 Å². The van der Waals surface area contributed by atoms with Gasteiger partial charge in [-0.25, -0.2) is 0 Å². The van der Waals surface area contributed by atoms with Crippen LogP contribution in [0, 0.1) is 10.1 Å². The van der Waals surface area contributed by atoms with Gasteiger partial charge in [0, 0.05) is 24.2 Å². The van der Waals surface area contributed by atoms with Crippen LogP contribution in [0.1, 0.15) is 49.9 Å². The smallest absolute Gasteiger partial charge is 0.311 e. The van der Waals surface area contributed by atoms with Crippen LogP contribution < -0.4 is 4.74 Å². The summed E-state index contributed by atoms with van der Waals surface area (Å²) in [4.78, 5) is 25.2. The van der Waals surface area contributed by atoms with E-state index in [9.17, 15) is 14.9 Å². The van der Waals surface area contributed by atoms with E-state index in [1.54, 1.807) is 13.0 Å². The highest BCUT2D eigenvalue weighted by molar-refractivity contribution is 5.95. The van der Waals surface area contributed by atoms with Gasteiger partial charge in [0.15, 0.2) is 5.75 Å². The molecule has 1 aromatic rings. The molecule has 1 amide bonds. The average molecular weight is 306 g/mol. The molecule has 1 heterocycles. The summed E-state index contributed by atoms with van der Waals surface area (Å²) in [5, 5.41) is 11.2. The predicted octanol–water partition coefficient (Wildman–Crippen LogP) is 3.40. The molecule has 2 rings (SSSR count). The summed E-state index contributed by atoms with van der Waals surface area (Å²) in [6, 6.07) is 4.68. The average Bonchev–Trinajstić information content (AvgIpc) is 2.54. The summed E-state index contributed by atoms with van der Waals surface area (Å²) in [5.41, 5.74) is 0.202. The molecular formula is C16H22N2O4. The van der Waals surface area contributed by atoms with E-state index in [1.165, 1.54) is 12.1 Å². The van der Waals surface area contributed by atoms with Gasteiger partial charge < -0.3 is 9.64 Å². The van der Waals surface area contributed by atoms with Crippen LogP contribution in [0.15, 0.2) is 18.2 Å². The zero-order valence-corrected chi connectivity index (χ0v) is 13.1. The Kier molecular flexibility index (Phi) is 5.35. The lowest BCUT2D eigenvalue weighted by atomic mass is 9.98. The second kappa shape index (κ2) is 7.24. The van der Waals surface area contributed by atoms with Crippen LogP contribution in [0.2, 0.25) is 0 Å². The molecule has 6 heteroatoms. The van der Waals surface area contributed by atoms with Gasteiger partial charge >= 0.3 is 5.69 Å². The lowest BCUT2D eigenvalue weighted by molar-refractivity contribution is -0.385. The Hall–Kier alpha value is -2.11. The van der Waals surface area contributed by atoms with E-state index < -0.39 is 4.92 Å². The van der Waals surface area contributed by atoms with Crippen molar-refractivity contribution in [1.29, 1.82) is 0 Å². The first kappa shape index (κ1) is 16.3. The van der Waals surface area contributed by atoms with Crippen LogP contribution in [0.5, 0.6) is 5.75 Å².